The molecule has 4 N–H and O–H groups in total. The Morgan fingerprint density at radius 2 is 1.41 bits per heavy atom. The summed E-state index contributed by atoms with van der Waals surface area (Å²) < 4.78 is 0. The molecule has 0 amide bonds. The van der Waals surface area contributed by atoms with Gasteiger partial charge in [0.25, 0.3) is 0 Å². The predicted molar refractivity (Wildman–Crippen MR) is 78.1 cm³/mol. The number of nitrogens with one attached hydrogen (secondary N) is 2. The van der Waals surface area contributed by atoms with Crippen molar-refractivity contribution in [1.29, 1.82) is 0 Å². The number of anilines is 3. The van der Waals surface area contributed by atoms with Crippen molar-refractivity contribution in [3.63, 3.8) is 0 Å². The van der Waals surface area contributed by atoms with Crippen molar-refractivity contribution in [1.82, 2.24) is 15.0 Å². The van der Waals surface area contributed by atoms with Gasteiger partial charge in [0.15, 0.2) is 0 Å². The Balaban J connectivity index is 2.17. The minimum absolute atomic E-state index is 0.103. The molecule has 0 radical (unpaired) electrons. The SMILES string of the molecule is O=C(O)CNc1nc(NCC(=O)O)nc(N2CCCCC2)n1. The maximum atomic E-state index is 10.6. The Bertz CT molecular complexity index is 510. The van der Waals surface area contributed by atoms with Crippen molar-refractivity contribution in [2.75, 3.05) is 41.7 Å². The van der Waals surface area contributed by atoms with E-state index < -0.39 is 11.9 Å². The number of carboxylic acids is 2. The quantitative estimate of drug-likeness (QED) is 0.537. The van der Waals surface area contributed by atoms with Crippen molar-refractivity contribution < 1.29 is 19.8 Å². The number of aromatic nitrogens is 3. The Morgan fingerprint density at radius 1 is 0.909 bits per heavy atom. The molecule has 22 heavy (non-hydrogen) atoms. The zero-order valence-electron chi connectivity index (χ0n) is 11.9. The largest absolute Gasteiger partial charge is 0.480 e. The van der Waals surface area contributed by atoms with Crippen molar-refractivity contribution >= 4 is 29.8 Å². The summed E-state index contributed by atoms with van der Waals surface area (Å²) in [6.45, 7) is 0.950. The van der Waals surface area contributed by atoms with Crippen LogP contribution in [0.25, 0.3) is 0 Å². The maximum absolute atomic E-state index is 10.6. The summed E-state index contributed by atoms with van der Waals surface area (Å²) in [6, 6.07) is 0. The zero-order chi connectivity index (χ0) is 15.9. The third kappa shape index (κ3) is 4.72. The van der Waals surface area contributed by atoms with Gasteiger partial charge in [0, 0.05) is 13.1 Å². The second kappa shape index (κ2) is 7.38. The van der Waals surface area contributed by atoms with E-state index in [1.165, 1.54) is 0 Å². The van der Waals surface area contributed by atoms with E-state index >= 15 is 0 Å². The van der Waals surface area contributed by atoms with Crippen LogP contribution in [0, 0.1) is 0 Å². The molecule has 10 nitrogen and oxygen atoms in total. The summed E-state index contributed by atoms with van der Waals surface area (Å²) in [5, 5.41) is 22.6. The Morgan fingerprint density at radius 3 is 1.86 bits per heavy atom. The van der Waals surface area contributed by atoms with Crippen LogP contribution in [0.5, 0.6) is 0 Å². The molecule has 0 atom stereocenters. The molecule has 0 bridgehead atoms. The smallest absolute Gasteiger partial charge is 0.322 e. The molecular weight excluding hydrogens is 292 g/mol. The second-order valence-electron chi connectivity index (χ2n) is 4.82. The molecule has 0 aliphatic carbocycles. The van der Waals surface area contributed by atoms with Crippen LogP contribution >= 0.6 is 0 Å². The topological polar surface area (TPSA) is 141 Å². The normalized spacial score (nSPS) is 14.5. The fraction of sp³-hybridized carbons (Fsp3) is 0.583. The first-order chi connectivity index (χ1) is 10.5. The Kier molecular flexibility index (Phi) is 5.28. The van der Waals surface area contributed by atoms with Crippen LogP contribution in [0.4, 0.5) is 17.8 Å². The first-order valence-corrected chi connectivity index (χ1v) is 6.97. The lowest BCUT2D eigenvalue weighted by molar-refractivity contribution is -0.135. The molecule has 10 heteroatoms. The lowest BCUT2D eigenvalue weighted by Gasteiger charge is -2.26. The zero-order valence-corrected chi connectivity index (χ0v) is 11.9. The fourth-order valence-corrected chi connectivity index (χ4v) is 2.07. The average molecular weight is 310 g/mol. The highest BCUT2D eigenvalue weighted by Gasteiger charge is 2.16. The van der Waals surface area contributed by atoms with Gasteiger partial charge in [-0.3, -0.25) is 9.59 Å². The molecule has 0 aromatic carbocycles. The van der Waals surface area contributed by atoms with Gasteiger partial charge in [-0.15, -0.1) is 0 Å². The molecule has 0 spiro atoms. The standard InChI is InChI=1S/C12H18N6O4/c19-8(20)6-13-10-15-11(14-7-9(21)22)17-12(16-10)18-4-2-1-3-5-18/h1-7H2,(H,19,20)(H,21,22)(H2,13,14,15,16,17). The van der Waals surface area contributed by atoms with Crippen LogP contribution in [-0.2, 0) is 9.59 Å². The molecule has 1 aliphatic heterocycles. The van der Waals surface area contributed by atoms with Crippen molar-refractivity contribution in [2.24, 2.45) is 0 Å². The van der Waals surface area contributed by atoms with Gasteiger partial charge in [0.2, 0.25) is 17.8 Å². The minimum Gasteiger partial charge on any atom is -0.480 e. The van der Waals surface area contributed by atoms with Crippen molar-refractivity contribution in [2.45, 2.75) is 19.3 Å². The molecule has 2 rings (SSSR count). The summed E-state index contributed by atoms with van der Waals surface area (Å²) >= 11 is 0. The monoisotopic (exact) mass is 310 g/mol. The van der Waals surface area contributed by atoms with E-state index in [-0.39, 0.29) is 25.0 Å². The molecule has 1 aromatic rings. The van der Waals surface area contributed by atoms with Gasteiger partial charge in [-0.25, -0.2) is 0 Å². The summed E-state index contributed by atoms with van der Waals surface area (Å²) in [6.07, 6.45) is 3.21. The molecule has 1 aromatic heterocycles. The second-order valence-corrected chi connectivity index (χ2v) is 4.82. The number of carboxylic acid groups (broad SMARTS) is 2. The van der Waals surface area contributed by atoms with Gasteiger partial charge < -0.3 is 25.7 Å². The molecule has 1 saturated heterocycles. The lowest BCUT2D eigenvalue weighted by atomic mass is 10.1. The van der Waals surface area contributed by atoms with Crippen LogP contribution in [0.2, 0.25) is 0 Å². The molecule has 2 heterocycles. The highest BCUT2D eigenvalue weighted by molar-refractivity contribution is 5.73. The van der Waals surface area contributed by atoms with E-state index in [0.717, 1.165) is 32.4 Å². The Labute approximate surface area is 126 Å². The summed E-state index contributed by atoms with van der Waals surface area (Å²) in [5.74, 6) is -1.47. The van der Waals surface area contributed by atoms with Crippen LogP contribution in [0.15, 0.2) is 0 Å². The number of hydrogen-bond donors (Lipinski definition) is 4. The highest BCUT2D eigenvalue weighted by atomic mass is 16.4. The summed E-state index contributed by atoms with van der Waals surface area (Å²) in [5.41, 5.74) is 0. The van der Waals surface area contributed by atoms with Crippen molar-refractivity contribution in [3.05, 3.63) is 0 Å². The molecule has 1 aliphatic rings. The van der Waals surface area contributed by atoms with Crippen LogP contribution < -0.4 is 15.5 Å². The molecule has 1 fully saturated rings. The van der Waals surface area contributed by atoms with E-state index in [1.54, 1.807) is 0 Å². The van der Waals surface area contributed by atoms with Crippen LogP contribution in [0.1, 0.15) is 19.3 Å². The third-order valence-corrected chi connectivity index (χ3v) is 3.06. The van der Waals surface area contributed by atoms with Gasteiger partial charge in [-0.05, 0) is 19.3 Å². The van der Waals surface area contributed by atoms with Gasteiger partial charge in [-0.2, -0.15) is 15.0 Å². The van der Waals surface area contributed by atoms with Gasteiger partial charge in [0.1, 0.15) is 13.1 Å². The number of hydrogen-bond acceptors (Lipinski definition) is 8. The summed E-state index contributed by atoms with van der Waals surface area (Å²) in [4.78, 5) is 35.6. The number of rotatable bonds is 7. The minimum atomic E-state index is -1.04. The maximum Gasteiger partial charge on any atom is 0.322 e. The molecule has 0 saturated carbocycles. The third-order valence-electron chi connectivity index (χ3n) is 3.06. The number of nitrogens with zero attached hydrogens (tertiary/aromatic N) is 4. The predicted octanol–water partition coefficient (Wildman–Crippen LogP) is -0.145. The van der Waals surface area contributed by atoms with Crippen LogP contribution in [0.3, 0.4) is 0 Å². The fourth-order valence-electron chi connectivity index (χ4n) is 2.07. The average Bonchev–Trinajstić information content (AvgIpc) is 2.51. The molecule has 120 valence electrons. The number of aliphatic carboxylic acids is 2. The lowest BCUT2D eigenvalue weighted by Crippen LogP contribution is -2.32. The first-order valence-electron chi connectivity index (χ1n) is 6.97. The number of carbonyl (C=O) groups is 2. The molecule has 0 unspecified atom stereocenters. The van der Waals surface area contributed by atoms with E-state index in [2.05, 4.69) is 25.6 Å². The van der Waals surface area contributed by atoms with Crippen LogP contribution in [-0.4, -0.2) is 63.3 Å². The van der Waals surface area contributed by atoms with Gasteiger partial charge in [-0.1, -0.05) is 0 Å². The van der Waals surface area contributed by atoms with E-state index in [9.17, 15) is 9.59 Å². The van der Waals surface area contributed by atoms with E-state index in [1.807, 2.05) is 4.90 Å². The van der Waals surface area contributed by atoms with E-state index in [0.29, 0.717) is 5.95 Å². The molecular formula is C12H18N6O4. The summed E-state index contributed by atoms with van der Waals surface area (Å²) in [7, 11) is 0. The number of piperidine rings is 1. The van der Waals surface area contributed by atoms with E-state index in [4.69, 9.17) is 10.2 Å². The Hall–Kier alpha value is -2.65. The highest BCUT2D eigenvalue weighted by Crippen LogP contribution is 2.18. The van der Waals surface area contributed by atoms with Gasteiger partial charge in [0.05, 0.1) is 0 Å². The first kappa shape index (κ1) is 15.7. The van der Waals surface area contributed by atoms with Gasteiger partial charge >= 0.3 is 11.9 Å². The van der Waals surface area contributed by atoms with Crippen molar-refractivity contribution in [3.8, 4) is 0 Å².